The van der Waals surface area contributed by atoms with Crippen molar-refractivity contribution >= 4 is 34.6 Å². The Kier molecular flexibility index (Phi) is 5.76. The Balaban J connectivity index is 1.71. The van der Waals surface area contributed by atoms with Gasteiger partial charge in [-0.05, 0) is 59.8 Å². The van der Waals surface area contributed by atoms with Crippen molar-refractivity contribution in [3.63, 3.8) is 0 Å². The van der Waals surface area contributed by atoms with E-state index in [-0.39, 0.29) is 5.91 Å². The number of carbonyl (C=O) groups excluding carboxylic acids is 1. The summed E-state index contributed by atoms with van der Waals surface area (Å²) in [5.41, 5.74) is 1.66. The first kappa shape index (κ1) is 17.8. The molecular formula is C20H18N2O3S. The van der Waals surface area contributed by atoms with Gasteiger partial charge in [0.25, 0.3) is 5.91 Å². The van der Waals surface area contributed by atoms with Gasteiger partial charge < -0.3 is 14.8 Å². The fraction of sp³-hybridized carbons (Fsp3) is 0.100. The summed E-state index contributed by atoms with van der Waals surface area (Å²) in [4.78, 5) is 17.2. The number of thioether (sulfide) groups is 1. The molecule has 1 heterocycles. The summed E-state index contributed by atoms with van der Waals surface area (Å²) < 4.78 is 10.6. The fourth-order valence-electron chi connectivity index (χ4n) is 2.22. The summed E-state index contributed by atoms with van der Waals surface area (Å²) in [7, 11) is 1.61. The molecule has 1 aliphatic rings. The number of nitrogens with one attached hydrogen (secondary N) is 1. The molecule has 132 valence electrons. The maximum absolute atomic E-state index is 12.2. The summed E-state index contributed by atoms with van der Waals surface area (Å²) in [5.74, 6) is 1.37. The Morgan fingerprint density at radius 3 is 2.46 bits per heavy atom. The minimum Gasteiger partial charge on any atom is -0.497 e. The zero-order valence-corrected chi connectivity index (χ0v) is 15.1. The van der Waals surface area contributed by atoms with Gasteiger partial charge in [0.15, 0.2) is 5.17 Å². The van der Waals surface area contributed by atoms with E-state index in [0.717, 1.165) is 22.7 Å². The largest absolute Gasteiger partial charge is 0.497 e. The zero-order chi connectivity index (χ0) is 18.4. The Bertz CT molecular complexity index is 856. The quantitative estimate of drug-likeness (QED) is 0.616. The Morgan fingerprint density at radius 2 is 1.81 bits per heavy atom. The van der Waals surface area contributed by atoms with Crippen LogP contribution in [-0.2, 0) is 4.79 Å². The molecule has 6 heteroatoms. The highest BCUT2D eigenvalue weighted by Gasteiger charge is 2.23. The van der Waals surface area contributed by atoms with Crippen molar-refractivity contribution < 1.29 is 14.3 Å². The minimum absolute atomic E-state index is 0.158. The Hall–Kier alpha value is -2.99. The molecule has 26 heavy (non-hydrogen) atoms. The summed E-state index contributed by atoms with van der Waals surface area (Å²) in [6.45, 7) is 4.08. The highest BCUT2D eigenvalue weighted by molar-refractivity contribution is 8.18. The SMILES string of the molecule is C=CCOc1ccc(/C=C2\SC(=Nc3ccc(OC)cc3)NC2=O)cc1. The lowest BCUT2D eigenvalue weighted by atomic mass is 10.2. The normalized spacial score (nSPS) is 16.6. The second-order valence-corrected chi connectivity index (χ2v) is 6.38. The number of nitrogens with zero attached hydrogens (tertiary/aromatic N) is 1. The van der Waals surface area contributed by atoms with Gasteiger partial charge in [-0.25, -0.2) is 4.99 Å². The van der Waals surface area contributed by atoms with Gasteiger partial charge in [-0.2, -0.15) is 0 Å². The molecule has 0 saturated carbocycles. The molecule has 0 aromatic heterocycles. The number of aliphatic imine (C=N–C) groups is 1. The molecule has 5 nitrogen and oxygen atoms in total. The first-order chi connectivity index (χ1) is 12.7. The molecule has 2 aromatic rings. The standard InChI is InChI=1S/C20H18N2O3S/c1-3-12-25-17-8-4-14(5-9-17)13-18-19(23)22-20(26-18)21-15-6-10-16(24-2)11-7-15/h3-11,13H,1,12H2,2H3,(H,21,22,23)/b18-13-. The van der Waals surface area contributed by atoms with Crippen molar-refractivity contribution in [1.29, 1.82) is 0 Å². The Morgan fingerprint density at radius 1 is 1.12 bits per heavy atom. The number of hydrogen-bond acceptors (Lipinski definition) is 5. The average molecular weight is 366 g/mol. The molecule has 1 amide bonds. The smallest absolute Gasteiger partial charge is 0.264 e. The minimum atomic E-state index is -0.158. The van der Waals surface area contributed by atoms with Crippen molar-refractivity contribution in [1.82, 2.24) is 5.32 Å². The van der Waals surface area contributed by atoms with E-state index in [0.29, 0.717) is 16.7 Å². The maximum Gasteiger partial charge on any atom is 0.264 e. The number of rotatable bonds is 6. The van der Waals surface area contributed by atoms with E-state index in [1.165, 1.54) is 11.8 Å². The molecule has 2 aromatic carbocycles. The van der Waals surface area contributed by atoms with Crippen molar-refractivity contribution in [3.8, 4) is 11.5 Å². The van der Waals surface area contributed by atoms with Crippen LogP contribution in [-0.4, -0.2) is 24.8 Å². The van der Waals surface area contributed by atoms with Crippen LogP contribution in [0.5, 0.6) is 11.5 Å². The third kappa shape index (κ3) is 4.55. The molecule has 1 N–H and O–H groups in total. The number of amidine groups is 1. The molecule has 1 aliphatic heterocycles. The van der Waals surface area contributed by atoms with Gasteiger partial charge in [-0.3, -0.25) is 4.79 Å². The highest BCUT2D eigenvalue weighted by Crippen LogP contribution is 2.29. The first-order valence-corrected chi connectivity index (χ1v) is 8.77. The van der Waals surface area contributed by atoms with Crippen molar-refractivity contribution in [2.45, 2.75) is 0 Å². The predicted molar refractivity (Wildman–Crippen MR) is 106 cm³/mol. The molecule has 1 saturated heterocycles. The van der Waals surface area contributed by atoms with Gasteiger partial charge in [-0.1, -0.05) is 24.8 Å². The molecule has 0 spiro atoms. The van der Waals surface area contributed by atoms with Crippen molar-refractivity contribution in [3.05, 3.63) is 71.7 Å². The summed E-state index contributed by atoms with van der Waals surface area (Å²) in [6.07, 6.45) is 3.52. The molecule has 0 aliphatic carbocycles. The third-order valence-electron chi connectivity index (χ3n) is 3.50. The lowest BCUT2D eigenvalue weighted by Gasteiger charge is -2.03. The molecule has 1 fully saturated rings. The lowest BCUT2D eigenvalue weighted by Crippen LogP contribution is -2.19. The Labute approximate surface area is 156 Å². The number of methoxy groups -OCH3 is 1. The van der Waals surface area contributed by atoms with Gasteiger partial charge >= 0.3 is 0 Å². The van der Waals surface area contributed by atoms with Crippen LogP contribution in [0.2, 0.25) is 0 Å². The van der Waals surface area contributed by atoms with E-state index in [1.54, 1.807) is 13.2 Å². The van der Waals surface area contributed by atoms with Crippen LogP contribution in [0.3, 0.4) is 0 Å². The van der Waals surface area contributed by atoms with Crippen LogP contribution >= 0.6 is 11.8 Å². The molecule has 0 unspecified atom stereocenters. The van der Waals surface area contributed by atoms with Crippen molar-refractivity contribution in [2.75, 3.05) is 13.7 Å². The van der Waals surface area contributed by atoms with Crippen LogP contribution in [0.25, 0.3) is 6.08 Å². The molecule has 0 bridgehead atoms. The molecular weight excluding hydrogens is 348 g/mol. The number of amides is 1. The summed E-state index contributed by atoms with van der Waals surface area (Å²) in [6, 6.07) is 14.8. The van der Waals surface area contributed by atoms with Crippen LogP contribution in [0, 0.1) is 0 Å². The van der Waals surface area contributed by atoms with Crippen LogP contribution in [0.1, 0.15) is 5.56 Å². The number of ether oxygens (including phenoxy) is 2. The second-order valence-electron chi connectivity index (χ2n) is 5.35. The zero-order valence-electron chi connectivity index (χ0n) is 14.3. The number of hydrogen-bond donors (Lipinski definition) is 1. The monoisotopic (exact) mass is 366 g/mol. The highest BCUT2D eigenvalue weighted by atomic mass is 32.2. The van der Waals surface area contributed by atoms with E-state index in [2.05, 4.69) is 16.9 Å². The maximum atomic E-state index is 12.2. The lowest BCUT2D eigenvalue weighted by molar-refractivity contribution is -0.115. The number of carbonyl (C=O) groups is 1. The fourth-order valence-corrected chi connectivity index (χ4v) is 3.06. The van der Waals surface area contributed by atoms with E-state index < -0.39 is 0 Å². The summed E-state index contributed by atoms with van der Waals surface area (Å²) >= 11 is 1.31. The van der Waals surface area contributed by atoms with Crippen molar-refractivity contribution in [2.24, 2.45) is 4.99 Å². The van der Waals surface area contributed by atoms with Crippen LogP contribution < -0.4 is 14.8 Å². The summed E-state index contributed by atoms with van der Waals surface area (Å²) in [5, 5.41) is 3.33. The number of benzene rings is 2. The van der Waals surface area contributed by atoms with Gasteiger partial charge in [0.05, 0.1) is 17.7 Å². The van der Waals surface area contributed by atoms with Crippen LogP contribution in [0.15, 0.2) is 71.1 Å². The molecule has 0 radical (unpaired) electrons. The van der Waals surface area contributed by atoms with Gasteiger partial charge in [0.1, 0.15) is 18.1 Å². The second kappa shape index (κ2) is 8.40. The van der Waals surface area contributed by atoms with E-state index >= 15 is 0 Å². The third-order valence-corrected chi connectivity index (χ3v) is 4.41. The van der Waals surface area contributed by atoms with Gasteiger partial charge in [0, 0.05) is 0 Å². The van der Waals surface area contributed by atoms with Gasteiger partial charge in [-0.15, -0.1) is 0 Å². The molecule has 0 atom stereocenters. The van der Waals surface area contributed by atoms with E-state index in [9.17, 15) is 4.79 Å². The van der Waals surface area contributed by atoms with Crippen LogP contribution in [0.4, 0.5) is 5.69 Å². The average Bonchev–Trinajstić information content (AvgIpc) is 3.00. The topological polar surface area (TPSA) is 59.9 Å². The van der Waals surface area contributed by atoms with E-state index in [1.807, 2.05) is 54.6 Å². The predicted octanol–water partition coefficient (Wildman–Crippen LogP) is 4.15. The van der Waals surface area contributed by atoms with E-state index in [4.69, 9.17) is 9.47 Å². The molecule has 3 rings (SSSR count). The van der Waals surface area contributed by atoms with Gasteiger partial charge in [0.2, 0.25) is 0 Å². The first-order valence-electron chi connectivity index (χ1n) is 7.95.